The minimum Gasteiger partial charge on any atom is -0.391 e. The summed E-state index contributed by atoms with van der Waals surface area (Å²) in [4.78, 5) is 8.59. The van der Waals surface area contributed by atoms with Gasteiger partial charge in [-0.05, 0) is 24.8 Å². The lowest BCUT2D eigenvalue weighted by Crippen LogP contribution is -2.21. The first-order valence-corrected chi connectivity index (χ1v) is 5.93. The Morgan fingerprint density at radius 2 is 2.35 bits per heavy atom. The number of anilines is 1. The van der Waals surface area contributed by atoms with Gasteiger partial charge in [-0.3, -0.25) is 0 Å². The molecule has 1 aliphatic rings. The van der Waals surface area contributed by atoms with Crippen LogP contribution < -0.4 is 5.32 Å². The Kier molecular flexibility index (Phi) is 2.48. The molecule has 0 saturated heterocycles. The maximum atomic E-state index is 9.81. The molecule has 1 aliphatic carbocycles. The SMILES string of the molecule is Cn1cnc2c(NCC(O)C3CC3)nccc21. The number of fused-ring (bicyclic) bond motifs is 1. The van der Waals surface area contributed by atoms with Crippen LogP contribution >= 0.6 is 0 Å². The molecule has 2 aromatic rings. The minimum atomic E-state index is -0.268. The fourth-order valence-corrected chi connectivity index (χ4v) is 2.04. The summed E-state index contributed by atoms with van der Waals surface area (Å²) in [6.45, 7) is 0.549. The Balaban J connectivity index is 1.79. The summed E-state index contributed by atoms with van der Waals surface area (Å²) in [5.74, 6) is 1.23. The van der Waals surface area contributed by atoms with Gasteiger partial charge in [0.05, 0.1) is 17.9 Å². The normalized spacial score (nSPS) is 17.3. The summed E-state index contributed by atoms with van der Waals surface area (Å²) in [5, 5.41) is 13.0. The number of aliphatic hydroxyl groups is 1. The summed E-state index contributed by atoms with van der Waals surface area (Å²) in [7, 11) is 1.96. The number of pyridine rings is 1. The first-order valence-electron chi connectivity index (χ1n) is 5.93. The predicted molar refractivity (Wildman–Crippen MR) is 65.7 cm³/mol. The van der Waals surface area contributed by atoms with Gasteiger partial charge in [0.15, 0.2) is 5.82 Å². The van der Waals surface area contributed by atoms with E-state index < -0.39 is 0 Å². The molecule has 0 radical (unpaired) electrons. The molecular weight excluding hydrogens is 216 g/mol. The van der Waals surface area contributed by atoms with Crippen LogP contribution in [0.3, 0.4) is 0 Å². The van der Waals surface area contributed by atoms with Crippen molar-refractivity contribution in [2.75, 3.05) is 11.9 Å². The third-order valence-corrected chi connectivity index (χ3v) is 3.29. The number of aliphatic hydroxyl groups excluding tert-OH is 1. The minimum absolute atomic E-state index is 0.268. The number of aryl methyl sites for hydroxylation is 1. The molecule has 0 aliphatic heterocycles. The molecule has 1 atom stereocenters. The monoisotopic (exact) mass is 232 g/mol. The van der Waals surface area contributed by atoms with Gasteiger partial charge in [-0.1, -0.05) is 0 Å². The van der Waals surface area contributed by atoms with Crippen LogP contribution in [0.15, 0.2) is 18.6 Å². The van der Waals surface area contributed by atoms with Crippen molar-refractivity contribution in [1.29, 1.82) is 0 Å². The van der Waals surface area contributed by atoms with Gasteiger partial charge in [-0.15, -0.1) is 0 Å². The maximum absolute atomic E-state index is 9.81. The first-order chi connectivity index (χ1) is 8.25. The van der Waals surface area contributed by atoms with E-state index in [4.69, 9.17) is 0 Å². The van der Waals surface area contributed by atoms with Crippen molar-refractivity contribution in [1.82, 2.24) is 14.5 Å². The van der Waals surface area contributed by atoms with Crippen molar-refractivity contribution in [2.45, 2.75) is 18.9 Å². The number of imidazole rings is 1. The molecule has 17 heavy (non-hydrogen) atoms. The van der Waals surface area contributed by atoms with E-state index in [0.29, 0.717) is 12.5 Å². The molecule has 0 bridgehead atoms. The highest BCUT2D eigenvalue weighted by molar-refractivity contribution is 5.85. The zero-order valence-corrected chi connectivity index (χ0v) is 9.80. The molecule has 0 aromatic carbocycles. The molecule has 1 saturated carbocycles. The van der Waals surface area contributed by atoms with Gasteiger partial charge in [0.25, 0.3) is 0 Å². The quantitative estimate of drug-likeness (QED) is 0.830. The van der Waals surface area contributed by atoms with E-state index >= 15 is 0 Å². The average molecular weight is 232 g/mol. The van der Waals surface area contributed by atoms with Crippen molar-refractivity contribution in [3.05, 3.63) is 18.6 Å². The molecule has 5 nitrogen and oxygen atoms in total. The highest BCUT2D eigenvalue weighted by Crippen LogP contribution is 2.32. The first kappa shape index (κ1) is 10.5. The second-order valence-corrected chi connectivity index (χ2v) is 4.67. The van der Waals surface area contributed by atoms with Crippen LogP contribution in [0.1, 0.15) is 12.8 Å². The molecule has 5 heteroatoms. The fraction of sp³-hybridized carbons (Fsp3) is 0.500. The molecule has 1 unspecified atom stereocenters. The maximum Gasteiger partial charge on any atom is 0.154 e. The molecule has 2 heterocycles. The highest BCUT2D eigenvalue weighted by atomic mass is 16.3. The van der Waals surface area contributed by atoms with Crippen LogP contribution in [0, 0.1) is 5.92 Å². The third kappa shape index (κ3) is 1.98. The lowest BCUT2D eigenvalue weighted by Gasteiger charge is -2.11. The lowest BCUT2D eigenvalue weighted by atomic mass is 10.2. The summed E-state index contributed by atoms with van der Waals surface area (Å²) >= 11 is 0. The van der Waals surface area contributed by atoms with E-state index in [2.05, 4.69) is 15.3 Å². The van der Waals surface area contributed by atoms with Gasteiger partial charge < -0.3 is 15.0 Å². The van der Waals surface area contributed by atoms with E-state index in [1.54, 1.807) is 12.5 Å². The van der Waals surface area contributed by atoms with E-state index in [-0.39, 0.29) is 6.10 Å². The molecule has 3 rings (SSSR count). The van der Waals surface area contributed by atoms with Crippen LogP contribution in [0.5, 0.6) is 0 Å². The van der Waals surface area contributed by atoms with Gasteiger partial charge in [-0.25, -0.2) is 9.97 Å². The lowest BCUT2D eigenvalue weighted by molar-refractivity contribution is 0.164. The number of rotatable bonds is 4. The summed E-state index contributed by atoms with van der Waals surface area (Å²) in [6, 6.07) is 1.94. The van der Waals surface area contributed by atoms with E-state index in [1.165, 1.54) is 0 Å². The number of hydrogen-bond donors (Lipinski definition) is 2. The number of nitrogens with one attached hydrogen (secondary N) is 1. The van der Waals surface area contributed by atoms with Gasteiger partial charge in [0, 0.05) is 19.8 Å². The molecule has 90 valence electrons. The number of hydrogen-bond acceptors (Lipinski definition) is 4. The van der Waals surface area contributed by atoms with Crippen molar-refractivity contribution in [2.24, 2.45) is 13.0 Å². The fourth-order valence-electron chi connectivity index (χ4n) is 2.04. The zero-order chi connectivity index (χ0) is 11.8. The molecule has 0 amide bonds. The Hall–Kier alpha value is -1.62. The Labute approximate surface area is 99.5 Å². The van der Waals surface area contributed by atoms with Gasteiger partial charge in [0.1, 0.15) is 5.52 Å². The largest absolute Gasteiger partial charge is 0.391 e. The zero-order valence-electron chi connectivity index (χ0n) is 9.80. The van der Waals surface area contributed by atoms with Crippen molar-refractivity contribution >= 4 is 16.9 Å². The topological polar surface area (TPSA) is 63.0 Å². The predicted octanol–water partition coefficient (Wildman–Crippen LogP) is 1.15. The van der Waals surface area contributed by atoms with Gasteiger partial charge in [-0.2, -0.15) is 0 Å². The number of aromatic nitrogens is 3. The second kappa shape index (κ2) is 4.00. The van der Waals surface area contributed by atoms with Crippen LogP contribution in [0.25, 0.3) is 11.0 Å². The number of nitrogens with zero attached hydrogens (tertiary/aromatic N) is 3. The van der Waals surface area contributed by atoms with Crippen molar-refractivity contribution in [3.8, 4) is 0 Å². The van der Waals surface area contributed by atoms with Crippen molar-refractivity contribution in [3.63, 3.8) is 0 Å². The van der Waals surface area contributed by atoms with Crippen LogP contribution in [0.2, 0.25) is 0 Å². The van der Waals surface area contributed by atoms with E-state index in [0.717, 1.165) is 29.7 Å². The average Bonchev–Trinajstić information content (AvgIpc) is 3.12. The summed E-state index contributed by atoms with van der Waals surface area (Å²) in [6.07, 6.45) is 5.55. The summed E-state index contributed by atoms with van der Waals surface area (Å²) < 4.78 is 1.96. The third-order valence-electron chi connectivity index (χ3n) is 3.29. The standard InChI is InChI=1S/C12H16N4O/c1-16-7-15-11-9(16)4-5-13-12(11)14-6-10(17)8-2-3-8/h4-5,7-8,10,17H,2-3,6H2,1H3,(H,13,14). The molecule has 2 aromatic heterocycles. The molecule has 0 spiro atoms. The van der Waals surface area contributed by atoms with Crippen molar-refractivity contribution < 1.29 is 5.11 Å². The molecular formula is C12H16N4O. The Morgan fingerprint density at radius 1 is 1.53 bits per heavy atom. The highest BCUT2D eigenvalue weighted by Gasteiger charge is 2.29. The summed E-state index contributed by atoms with van der Waals surface area (Å²) in [5.41, 5.74) is 1.90. The smallest absolute Gasteiger partial charge is 0.154 e. The van der Waals surface area contributed by atoms with Gasteiger partial charge >= 0.3 is 0 Å². The van der Waals surface area contributed by atoms with Crippen LogP contribution in [0.4, 0.5) is 5.82 Å². The van der Waals surface area contributed by atoms with E-state index in [9.17, 15) is 5.11 Å². The Bertz CT molecular complexity index is 532. The van der Waals surface area contributed by atoms with Crippen LogP contribution in [-0.4, -0.2) is 32.3 Å². The Morgan fingerprint density at radius 3 is 3.12 bits per heavy atom. The van der Waals surface area contributed by atoms with Gasteiger partial charge in [0.2, 0.25) is 0 Å². The molecule has 1 fully saturated rings. The molecule has 2 N–H and O–H groups in total. The van der Waals surface area contributed by atoms with E-state index in [1.807, 2.05) is 17.7 Å². The van der Waals surface area contributed by atoms with Crippen LogP contribution in [-0.2, 0) is 7.05 Å². The second-order valence-electron chi connectivity index (χ2n) is 4.67.